The Morgan fingerprint density at radius 2 is 2.00 bits per heavy atom. The van der Waals surface area contributed by atoms with Crippen LogP contribution in [-0.4, -0.2) is 35.8 Å². The van der Waals surface area contributed by atoms with Gasteiger partial charge in [0.25, 0.3) is 11.8 Å². The molecule has 5 nitrogen and oxygen atoms in total. The minimum absolute atomic E-state index is 0.0619. The quantitative estimate of drug-likeness (QED) is 0.941. The van der Waals surface area contributed by atoms with Crippen LogP contribution < -0.4 is 5.32 Å². The molecule has 0 bridgehead atoms. The summed E-state index contributed by atoms with van der Waals surface area (Å²) in [6.45, 7) is 2.91. The lowest BCUT2D eigenvalue weighted by Gasteiger charge is -2.32. The molecule has 0 aliphatic carbocycles. The summed E-state index contributed by atoms with van der Waals surface area (Å²) in [6, 6.07) is 6.05. The van der Waals surface area contributed by atoms with Gasteiger partial charge in [-0.3, -0.25) is 9.59 Å². The zero-order chi connectivity index (χ0) is 17.1. The van der Waals surface area contributed by atoms with Crippen molar-refractivity contribution in [2.45, 2.75) is 25.8 Å². The zero-order valence-corrected chi connectivity index (χ0v) is 13.4. The van der Waals surface area contributed by atoms with Crippen molar-refractivity contribution in [3.05, 3.63) is 59.3 Å². The summed E-state index contributed by atoms with van der Waals surface area (Å²) in [5, 5.41) is 2.86. The molecule has 0 atom stereocenters. The monoisotopic (exact) mass is 330 g/mol. The van der Waals surface area contributed by atoms with Crippen molar-refractivity contribution in [2.24, 2.45) is 0 Å². The van der Waals surface area contributed by atoms with E-state index in [9.17, 15) is 14.0 Å². The van der Waals surface area contributed by atoms with E-state index in [0.717, 1.165) is 5.56 Å². The van der Waals surface area contributed by atoms with E-state index >= 15 is 0 Å². The molecule has 24 heavy (non-hydrogen) atoms. The van der Waals surface area contributed by atoms with E-state index in [1.807, 2.05) is 6.92 Å². The van der Waals surface area contributed by atoms with Crippen LogP contribution in [0.5, 0.6) is 0 Å². The first kappa shape index (κ1) is 16.2. The van der Waals surface area contributed by atoms with Gasteiger partial charge < -0.3 is 14.6 Å². The van der Waals surface area contributed by atoms with Crippen molar-refractivity contribution in [3.8, 4) is 0 Å². The fraction of sp³-hybridized carbons (Fsp3) is 0.333. The van der Waals surface area contributed by atoms with Crippen LogP contribution >= 0.6 is 0 Å². The lowest BCUT2D eigenvalue weighted by atomic mass is 10.0. The number of piperidine rings is 1. The van der Waals surface area contributed by atoms with Crippen LogP contribution in [0.4, 0.5) is 4.39 Å². The first-order valence-electron chi connectivity index (χ1n) is 7.93. The highest BCUT2D eigenvalue weighted by atomic mass is 19.1. The molecule has 1 aromatic heterocycles. The lowest BCUT2D eigenvalue weighted by Crippen LogP contribution is -2.46. The van der Waals surface area contributed by atoms with Crippen molar-refractivity contribution in [3.63, 3.8) is 0 Å². The van der Waals surface area contributed by atoms with Gasteiger partial charge in [-0.25, -0.2) is 4.39 Å². The highest BCUT2D eigenvalue weighted by Crippen LogP contribution is 2.16. The Morgan fingerprint density at radius 1 is 1.25 bits per heavy atom. The van der Waals surface area contributed by atoms with Crippen LogP contribution in [0.3, 0.4) is 0 Å². The van der Waals surface area contributed by atoms with E-state index in [1.54, 1.807) is 23.1 Å². The Balaban J connectivity index is 1.56. The summed E-state index contributed by atoms with van der Waals surface area (Å²) in [5.41, 5.74) is 1.42. The van der Waals surface area contributed by atoms with Gasteiger partial charge in [0.15, 0.2) is 0 Å². The molecule has 2 amide bonds. The number of hydrogen-bond donors (Lipinski definition) is 1. The van der Waals surface area contributed by atoms with Crippen LogP contribution in [0.2, 0.25) is 0 Å². The van der Waals surface area contributed by atoms with Gasteiger partial charge >= 0.3 is 0 Å². The molecule has 3 rings (SSSR count). The summed E-state index contributed by atoms with van der Waals surface area (Å²) in [6.07, 6.45) is 4.18. The van der Waals surface area contributed by atoms with Crippen molar-refractivity contribution in [2.75, 3.05) is 13.1 Å². The Morgan fingerprint density at radius 3 is 2.67 bits per heavy atom. The number of carbonyl (C=O) groups is 2. The Kier molecular flexibility index (Phi) is 4.64. The summed E-state index contributed by atoms with van der Waals surface area (Å²) < 4.78 is 18.7. The third-order valence-corrected chi connectivity index (χ3v) is 4.25. The van der Waals surface area contributed by atoms with E-state index in [1.165, 1.54) is 18.6 Å². The van der Waals surface area contributed by atoms with Gasteiger partial charge in [0.2, 0.25) is 0 Å². The summed E-state index contributed by atoms with van der Waals surface area (Å²) in [7, 11) is 0. The van der Waals surface area contributed by atoms with Crippen molar-refractivity contribution in [1.29, 1.82) is 0 Å². The second kappa shape index (κ2) is 6.86. The van der Waals surface area contributed by atoms with Crippen LogP contribution in [-0.2, 0) is 0 Å². The van der Waals surface area contributed by atoms with Crippen molar-refractivity contribution in [1.82, 2.24) is 10.2 Å². The van der Waals surface area contributed by atoms with Crippen LogP contribution in [0.15, 0.2) is 41.2 Å². The van der Waals surface area contributed by atoms with E-state index in [4.69, 9.17) is 4.42 Å². The van der Waals surface area contributed by atoms with Gasteiger partial charge in [0.1, 0.15) is 12.1 Å². The second-order valence-corrected chi connectivity index (χ2v) is 6.04. The fourth-order valence-electron chi connectivity index (χ4n) is 2.87. The lowest BCUT2D eigenvalue weighted by molar-refractivity contribution is 0.0697. The smallest absolute Gasteiger partial charge is 0.257 e. The van der Waals surface area contributed by atoms with Crippen LogP contribution in [0.1, 0.15) is 39.1 Å². The minimum Gasteiger partial charge on any atom is -0.472 e. The summed E-state index contributed by atoms with van der Waals surface area (Å²) >= 11 is 0. The molecular weight excluding hydrogens is 311 g/mol. The number of nitrogens with one attached hydrogen (secondary N) is 1. The standard InChI is InChI=1S/C18H19FN2O3/c1-12-2-3-16(19)15(10-12)17(22)20-14-4-7-21(8-5-14)18(23)13-6-9-24-11-13/h2-3,6,9-11,14H,4-5,7-8H2,1H3,(H,20,22). The molecule has 1 aliphatic heterocycles. The SMILES string of the molecule is Cc1ccc(F)c(C(=O)NC2CCN(C(=O)c3ccoc3)CC2)c1. The van der Waals surface area contributed by atoms with Crippen LogP contribution in [0.25, 0.3) is 0 Å². The van der Waals surface area contributed by atoms with Gasteiger partial charge in [-0.15, -0.1) is 0 Å². The molecule has 2 aromatic rings. The number of nitrogens with zero attached hydrogens (tertiary/aromatic N) is 1. The highest BCUT2D eigenvalue weighted by molar-refractivity contribution is 5.95. The maximum atomic E-state index is 13.8. The van der Waals surface area contributed by atoms with Gasteiger partial charge in [-0.1, -0.05) is 11.6 Å². The molecule has 1 aliphatic rings. The van der Waals surface area contributed by atoms with Crippen molar-refractivity contribution >= 4 is 11.8 Å². The number of furan rings is 1. The zero-order valence-electron chi connectivity index (χ0n) is 13.4. The van der Waals surface area contributed by atoms with Crippen LogP contribution in [0, 0.1) is 12.7 Å². The Labute approximate surface area is 139 Å². The number of amides is 2. The molecule has 1 fully saturated rings. The maximum absolute atomic E-state index is 13.8. The number of hydrogen-bond acceptors (Lipinski definition) is 3. The third-order valence-electron chi connectivity index (χ3n) is 4.25. The number of likely N-dealkylation sites (tertiary alicyclic amines) is 1. The first-order chi connectivity index (χ1) is 11.5. The fourth-order valence-corrected chi connectivity index (χ4v) is 2.87. The number of carbonyl (C=O) groups excluding carboxylic acids is 2. The van der Waals surface area contributed by atoms with Gasteiger partial charge in [0, 0.05) is 19.1 Å². The molecule has 6 heteroatoms. The average molecular weight is 330 g/mol. The predicted molar refractivity (Wildman–Crippen MR) is 86.2 cm³/mol. The average Bonchev–Trinajstić information content (AvgIpc) is 3.11. The van der Waals surface area contributed by atoms with Gasteiger partial charge in [-0.05, 0) is 38.0 Å². The van der Waals surface area contributed by atoms with E-state index in [2.05, 4.69) is 5.32 Å². The topological polar surface area (TPSA) is 62.6 Å². The number of benzene rings is 1. The molecule has 1 aromatic carbocycles. The number of aryl methyl sites for hydroxylation is 1. The van der Waals surface area contributed by atoms with Crippen molar-refractivity contribution < 1.29 is 18.4 Å². The highest BCUT2D eigenvalue weighted by Gasteiger charge is 2.25. The van der Waals surface area contributed by atoms with Gasteiger partial charge in [0.05, 0.1) is 17.4 Å². The molecular formula is C18H19FN2O3. The Hall–Kier alpha value is -2.63. The number of halogens is 1. The molecule has 2 heterocycles. The third kappa shape index (κ3) is 3.48. The second-order valence-electron chi connectivity index (χ2n) is 6.04. The molecule has 126 valence electrons. The molecule has 0 unspecified atom stereocenters. The summed E-state index contributed by atoms with van der Waals surface area (Å²) in [4.78, 5) is 26.2. The Bertz CT molecular complexity index is 735. The predicted octanol–water partition coefficient (Wildman–Crippen LogP) is 2.76. The summed E-state index contributed by atoms with van der Waals surface area (Å²) in [5.74, 6) is -1.00. The largest absolute Gasteiger partial charge is 0.472 e. The van der Waals surface area contributed by atoms with E-state index < -0.39 is 11.7 Å². The maximum Gasteiger partial charge on any atom is 0.257 e. The number of rotatable bonds is 3. The first-order valence-corrected chi connectivity index (χ1v) is 7.93. The molecule has 1 N–H and O–H groups in total. The molecule has 0 saturated carbocycles. The molecule has 0 spiro atoms. The normalized spacial score (nSPS) is 15.3. The molecule has 1 saturated heterocycles. The van der Waals surface area contributed by atoms with E-state index in [-0.39, 0.29) is 17.5 Å². The van der Waals surface area contributed by atoms with Gasteiger partial charge in [-0.2, -0.15) is 0 Å². The minimum atomic E-state index is -0.523. The van der Waals surface area contributed by atoms with E-state index in [0.29, 0.717) is 31.5 Å². The molecule has 0 radical (unpaired) electrons.